The number of piperazine rings is 1. The fraction of sp³-hybridized carbons (Fsp3) is 0.611. The van der Waals surface area contributed by atoms with Gasteiger partial charge in [0.25, 0.3) is 5.91 Å². The van der Waals surface area contributed by atoms with E-state index < -0.39 is 5.41 Å². The summed E-state index contributed by atoms with van der Waals surface area (Å²) in [6, 6.07) is 3.40. The van der Waals surface area contributed by atoms with E-state index in [1.54, 1.807) is 24.1 Å². The van der Waals surface area contributed by atoms with Crippen LogP contribution in [0.3, 0.4) is 0 Å². The van der Waals surface area contributed by atoms with E-state index >= 15 is 0 Å². The molecule has 1 aromatic rings. The zero-order valence-corrected chi connectivity index (χ0v) is 18.8. The van der Waals surface area contributed by atoms with Crippen LogP contribution in [-0.4, -0.2) is 73.9 Å². The molecule has 1 aliphatic heterocycles. The van der Waals surface area contributed by atoms with E-state index in [1.807, 2.05) is 20.8 Å². The molecule has 27 heavy (non-hydrogen) atoms. The predicted octanol–water partition coefficient (Wildman–Crippen LogP) is 1.39. The number of hydrogen-bond donors (Lipinski definition) is 2. The molecular weight excluding hydrogens is 461 g/mol. The number of amides is 2. The normalized spacial score (nSPS) is 15.2. The number of carbonyl (C=O) groups is 2. The molecule has 1 aromatic heterocycles. The summed E-state index contributed by atoms with van der Waals surface area (Å²) in [5.41, 5.74) is -0.577. The number of nitrogens with one attached hydrogen (secondary N) is 2. The maximum absolute atomic E-state index is 12.4. The Bertz CT molecular complexity index is 637. The van der Waals surface area contributed by atoms with E-state index in [9.17, 15) is 9.59 Å². The van der Waals surface area contributed by atoms with Gasteiger partial charge < -0.3 is 24.9 Å². The van der Waals surface area contributed by atoms with Crippen molar-refractivity contribution in [3.63, 3.8) is 0 Å². The quantitative estimate of drug-likeness (QED) is 0.369. The molecule has 8 nitrogen and oxygen atoms in total. The molecule has 9 heteroatoms. The second-order valence-corrected chi connectivity index (χ2v) is 6.89. The summed E-state index contributed by atoms with van der Waals surface area (Å²) < 4.78 is 5.19. The fourth-order valence-electron chi connectivity index (χ4n) is 2.79. The van der Waals surface area contributed by atoms with Gasteiger partial charge >= 0.3 is 0 Å². The van der Waals surface area contributed by atoms with Crippen molar-refractivity contribution < 1.29 is 14.0 Å². The van der Waals surface area contributed by atoms with Crippen molar-refractivity contribution in [2.45, 2.75) is 20.8 Å². The second-order valence-electron chi connectivity index (χ2n) is 6.89. The van der Waals surface area contributed by atoms with E-state index in [4.69, 9.17) is 4.42 Å². The Morgan fingerprint density at radius 3 is 2.37 bits per heavy atom. The third kappa shape index (κ3) is 6.12. The van der Waals surface area contributed by atoms with Crippen LogP contribution in [0.25, 0.3) is 0 Å². The van der Waals surface area contributed by atoms with Gasteiger partial charge in [0.1, 0.15) is 0 Å². The number of furan rings is 1. The number of carbonyl (C=O) groups excluding carboxylic acids is 2. The van der Waals surface area contributed by atoms with Gasteiger partial charge in [-0.3, -0.25) is 14.6 Å². The standard InChI is InChI=1S/C18H29N5O3.HI/c1-5-20-17(21-13-18(2,3)16(25)19-4)23-10-8-22(9-11-23)15(24)14-7-6-12-26-14;/h6-7,12H,5,8-11,13H2,1-4H3,(H,19,25)(H,20,21);1H. The average molecular weight is 491 g/mol. The molecule has 1 aliphatic rings. The van der Waals surface area contributed by atoms with Gasteiger partial charge in [-0.2, -0.15) is 0 Å². The van der Waals surface area contributed by atoms with Gasteiger partial charge in [-0.15, -0.1) is 24.0 Å². The van der Waals surface area contributed by atoms with Crippen LogP contribution in [-0.2, 0) is 4.79 Å². The van der Waals surface area contributed by atoms with Crippen LogP contribution >= 0.6 is 24.0 Å². The van der Waals surface area contributed by atoms with Gasteiger partial charge in [-0.25, -0.2) is 0 Å². The first-order valence-electron chi connectivity index (χ1n) is 8.97. The molecule has 2 amide bonds. The van der Waals surface area contributed by atoms with Crippen LogP contribution in [0.4, 0.5) is 0 Å². The molecule has 2 rings (SSSR count). The Kier molecular flexibility index (Phi) is 9.07. The fourth-order valence-corrected chi connectivity index (χ4v) is 2.79. The van der Waals surface area contributed by atoms with Gasteiger partial charge in [0.15, 0.2) is 11.7 Å². The van der Waals surface area contributed by atoms with Crippen LogP contribution in [0.1, 0.15) is 31.3 Å². The largest absolute Gasteiger partial charge is 0.459 e. The molecule has 2 heterocycles. The summed E-state index contributed by atoms with van der Waals surface area (Å²) in [5, 5.41) is 5.95. The zero-order valence-electron chi connectivity index (χ0n) is 16.4. The van der Waals surface area contributed by atoms with E-state index in [1.165, 1.54) is 6.26 Å². The summed E-state index contributed by atoms with van der Waals surface area (Å²) >= 11 is 0. The van der Waals surface area contributed by atoms with Crippen molar-refractivity contribution in [1.82, 2.24) is 20.4 Å². The second kappa shape index (κ2) is 10.5. The van der Waals surface area contributed by atoms with Gasteiger partial charge in [0.05, 0.1) is 18.2 Å². The lowest BCUT2D eigenvalue weighted by Crippen LogP contribution is -2.54. The SMILES string of the molecule is CCNC(=NCC(C)(C)C(=O)NC)N1CCN(C(=O)c2ccco2)CC1.I. The summed E-state index contributed by atoms with van der Waals surface area (Å²) in [6.45, 7) is 9.45. The van der Waals surface area contributed by atoms with Gasteiger partial charge in [-0.1, -0.05) is 0 Å². The highest BCUT2D eigenvalue weighted by Gasteiger charge is 2.28. The number of nitrogens with zero attached hydrogens (tertiary/aromatic N) is 3. The minimum atomic E-state index is -0.577. The van der Waals surface area contributed by atoms with Gasteiger partial charge in [0.2, 0.25) is 5.91 Å². The summed E-state index contributed by atoms with van der Waals surface area (Å²) in [7, 11) is 1.63. The topological polar surface area (TPSA) is 90.2 Å². The monoisotopic (exact) mass is 491 g/mol. The molecule has 0 unspecified atom stereocenters. The van der Waals surface area contributed by atoms with Crippen LogP contribution in [0.5, 0.6) is 0 Å². The number of aliphatic imine (C=N–C) groups is 1. The Labute approximate surface area is 177 Å². The number of rotatable bonds is 5. The molecule has 152 valence electrons. The summed E-state index contributed by atoms with van der Waals surface area (Å²) in [6.07, 6.45) is 1.51. The first-order valence-corrected chi connectivity index (χ1v) is 8.97. The lowest BCUT2D eigenvalue weighted by molar-refractivity contribution is -0.128. The number of hydrogen-bond acceptors (Lipinski definition) is 4. The van der Waals surface area contributed by atoms with Crippen molar-refractivity contribution >= 4 is 41.8 Å². The Morgan fingerprint density at radius 1 is 1.22 bits per heavy atom. The van der Waals surface area contributed by atoms with Crippen LogP contribution in [0.2, 0.25) is 0 Å². The van der Waals surface area contributed by atoms with Gasteiger partial charge in [0, 0.05) is 39.8 Å². The third-order valence-electron chi connectivity index (χ3n) is 4.40. The lowest BCUT2D eigenvalue weighted by Gasteiger charge is -2.36. The van der Waals surface area contributed by atoms with Gasteiger partial charge in [-0.05, 0) is 32.9 Å². The van der Waals surface area contributed by atoms with E-state index in [0.717, 1.165) is 12.5 Å². The Hall–Kier alpha value is -1.78. The summed E-state index contributed by atoms with van der Waals surface area (Å²) in [5.74, 6) is 1.02. The third-order valence-corrected chi connectivity index (χ3v) is 4.40. The predicted molar refractivity (Wildman–Crippen MR) is 115 cm³/mol. The number of guanidine groups is 1. The van der Waals surface area contributed by atoms with Crippen molar-refractivity contribution in [1.29, 1.82) is 0 Å². The molecule has 0 saturated carbocycles. The van der Waals surface area contributed by atoms with Crippen LogP contribution < -0.4 is 10.6 Å². The van der Waals surface area contributed by atoms with Crippen molar-refractivity contribution in [2.75, 3.05) is 46.3 Å². The van der Waals surface area contributed by atoms with E-state index in [0.29, 0.717) is 38.5 Å². The summed E-state index contributed by atoms with van der Waals surface area (Å²) in [4.78, 5) is 32.8. The van der Waals surface area contributed by atoms with E-state index in [-0.39, 0.29) is 35.8 Å². The smallest absolute Gasteiger partial charge is 0.289 e. The van der Waals surface area contributed by atoms with Crippen molar-refractivity contribution in [3.8, 4) is 0 Å². The van der Waals surface area contributed by atoms with Crippen molar-refractivity contribution in [2.24, 2.45) is 10.4 Å². The first-order chi connectivity index (χ1) is 12.4. The minimum Gasteiger partial charge on any atom is -0.459 e. The molecule has 2 N–H and O–H groups in total. The van der Waals surface area contributed by atoms with Crippen LogP contribution in [0, 0.1) is 5.41 Å². The molecule has 0 spiro atoms. The van der Waals surface area contributed by atoms with Crippen LogP contribution in [0.15, 0.2) is 27.8 Å². The highest BCUT2D eigenvalue weighted by molar-refractivity contribution is 14.0. The molecule has 0 aliphatic carbocycles. The average Bonchev–Trinajstić information content (AvgIpc) is 3.18. The number of halogens is 1. The molecular formula is C18H30IN5O3. The Morgan fingerprint density at radius 2 is 1.85 bits per heavy atom. The first kappa shape index (κ1) is 23.3. The molecule has 1 fully saturated rings. The van der Waals surface area contributed by atoms with E-state index in [2.05, 4.69) is 20.5 Å². The minimum absolute atomic E-state index is 0. The van der Waals surface area contributed by atoms with Crippen molar-refractivity contribution in [3.05, 3.63) is 24.2 Å². The molecule has 0 aromatic carbocycles. The molecule has 0 radical (unpaired) electrons. The molecule has 0 bridgehead atoms. The highest BCUT2D eigenvalue weighted by Crippen LogP contribution is 2.16. The lowest BCUT2D eigenvalue weighted by atomic mass is 9.93. The zero-order chi connectivity index (χ0) is 19.2. The molecule has 1 saturated heterocycles. The molecule has 0 atom stereocenters. The highest BCUT2D eigenvalue weighted by atomic mass is 127. The maximum atomic E-state index is 12.4. The maximum Gasteiger partial charge on any atom is 0.289 e. The Balaban J connectivity index is 0.00000364.